The molecule has 0 amide bonds. The fourth-order valence-corrected chi connectivity index (χ4v) is 2.74. The summed E-state index contributed by atoms with van der Waals surface area (Å²) < 4.78 is 27.1. The van der Waals surface area contributed by atoms with Gasteiger partial charge >= 0.3 is 0 Å². The molecular formula is C9H20N2O3S. The summed E-state index contributed by atoms with van der Waals surface area (Å²) in [5.74, 6) is 0.296. The average Bonchev–Trinajstić information content (AvgIpc) is 2.99. The van der Waals surface area contributed by atoms with Crippen LogP contribution in [0, 0.1) is 5.92 Å². The smallest absolute Gasteiger partial charge is 0.279 e. The van der Waals surface area contributed by atoms with Crippen LogP contribution in [0.15, 0.2) is 0 Å². The van der Waals surface area contributed by atoms with Gasteiger partial charge in [-0.15, -0.1) is 0 Å². The normalized spacial score (nSPS) is 19.5. The molecule has 0 spiro atoms. The maximum absolute atomic E-state index is 11.6. The van der Waals surface area contributed by atoms with Gasteiger partial charge in [0.2, 0.25) is 0 Å². The molecule has 5 nitrogen and oxygen atoms in total. The lowest BCUT2D eigenvalue weighted by atomic mass is 10.2. The van der Waals surface area contributed by atoms with Crippen molar-refractivity contribution in [3.63, 3.8) is 0 Å². The van der Waals surface area contributed by atoms with Crippen molar-refractivity contribution in [1.82, 2.24) is 9.03 Å². The Balaban J connectivity index is 2.40. The second-order valence-electron chi connectivity index (χ2n) is 3.84. The highest BCUT2D eigenvalue weighted by Crippen LogP contribution is 2.32. The van der Waals surface area contributed by atoms with E-state index < -0.39 is 16.3 Å². The van der Waals surface area contributed by atoms with Crippen LogP contribution in [-0.4, -0.2) is 43.6 Å². The van der Waals surface area contributed by atoms with E-state index in [-0.39, 0.29) is 6.54 Å². The van der Waals surface area contributed by atoms with Gasteiger partial charge in [0.15, 0.2) is 0 Å². The minimum absolute atomic E-state index is 0.128. The van der Waals surface area contributed by atoms with Gasteiger partial charge in [-0.25, -0.2) is 0 Å². The summed E-state index contributed by atoms with van der Waals surface area (Å²) in [4.78, 5) is 0. The van der Waals surface area contributed by atoms with E-state index in [0.29, 0.717) is 19.0 Å². The van der Waals surface area contributed by atoms with Crippen molar-refractivity contribution in [1.29, 1.82) is 0 Å². The first-order valence-corrected chi connectivity index (χ1v) is 6.88. The van der Waals surface area contributed by atoms with Gasteiger partial charge in [-0.2, -0.15) is 17.4 Å². The Bertz CT molecular complexity index is 284. The summed E-state index contributed by atoms with van der Waals surface area (Å²) in [5, 5.41) is 9.53. The lowest BCUT2D eigenvalue weighted by Gasteiger charge is -2.20. The van der Waals surface area contributed by atoms with Crippen molar-refractivity contribution in [2.75, 3.05) is 19.6 Å². The third-order valence-electron chi connectivity index (χ3n) is 2.69. The number of hydrogen-bond acceptors (Lipinski definition) is 3. The quantitative estimate of drug-likeness (QED) is 0.650. The molecule has 1 atom stereocenters. The second kappa shape index (κ2) is 5.25. The summed E-state index contributed by atoms with van der Waals surface area (Å²) in [7, 11) is -3.40. The van der Waals surface area contributed by atoms with Crippen LogP contribution in [0.5, 0.6) is 0 Å². The summed E-state index contributed by atoms with van der Waals surface area (Å²) >= 11 is 0. The van der Waals surface area contributed by atoms with E-state index >= 15 is 0 Å². The van der Waals surface area contributed by atoms with E-state index in [0.717, 1.165) is 12.8 Å². The lowest BCUT2D eigenvalue weighted by Crippen LogP contribution is -2.43. The molecule has 0 aromatic heterocycles. The molecule has 0 bridgehead atoms. The summed E-state index contributed by atoms with van der Waals surface area (Å²) in [6.45, 7) is 4.61. The maximum atomic E-state index is 11.6. The molecule has 1 rings (SSSR count). The molecule has 15 heavy (non-hydrogen) atoms. The zero-order chi connectivity index (χ0) is 11.5. The molecule has 1 aliphatic carbocycles. The van der Waals surface area contributed by atoms with Gasteiger partial charge in [-0.05, 0) is 18.8 Å². The van der Waals surface area contributed by atoms with E-state index in [2.05, 4.69) is 4.72 Å². The van der Waals surface area contributed by atoms with Crippen molar-refractivity contribution in [3.05, 3.63) is 0 Å². The van der Waals surface area contributed by atoms with Gasteiger partial charge in [0.05, 0.1) is 6.10 Å². The highest BCUT2D eigenvalue weighted by Gasteiger charge is 2.30. The van der Waals surface area contributed by atoms with Crippen molar-refractivity contribution in [2.45, 2.75) is 32.8 Å². The Kier molecular flexibility index (Phi) is 4.51. The fraction of sp³-hybridized carbons (Fsp3) is 1.00. The molecular weight excluding hydrogens is 216 g/mol. The van der Waals surface area contributed by atoms with E-state index in [1.807, 2.05) is 0 Å². The van der Waals surface area contributed by atoms with Gasteiger partial charge < -0.3 is 5.11 Å². The zero-order valence-electron chi connectivity index (χ0n) is 9.31. The standard InChI is InChI=1S/C9H20N2O3S/c1-3-11(4-2)15(13,14)10-7-9(12)8-5-6-8/h8-10,12H,3-7H2,1-2H3. The average molecular weight is 236 g/mol. The third-order valence-corrected chi connectivity index (χ3v) is 4.41. The minimum Gasteiger partial charge on any atom is -0.391 e. The third kappa shape index (κ3) is 3.71. The number of nitrogens with one attached hydrogen (secondary N) is 1. The molecule has 90 valence electrons. The largest absolute Gasteiger partial charge is 0.391 e. The van der Waals surface area contributed by atoms with Crippen molar-refractivity contribution < 1.29 is 13.5 Å². The molecule has 0 aromatic rings. The second-order valence-corrected chi connectivity index (χ2v) is 5.60. The zero-order valence-corrected chi connectivity index (χ0v) is 10.1. The van der Waals surface area contributed by atoms with Crippen LogP contribution in [0.1, 0.15) is 26.7 Å². The first-order valence-electron chi connectivity index (χ1n) is 5.44. The number of aliphatic hydroxyl groups excluding tert-OH is 1. The van der Waals surface area contributed by atoms with Crippen LogP contribution in [0.2, 0.25) is 0 Å². The number of hydrogen-bond donors (Lipinski definition) is 2. The molecule has 0 aromatic carbocycles. The van der Waals surface area contributed by atoms with Crippen LogP contribution in [-0.2, 0) is 10.2 Å². The Morgan fingerprint density at radius 1 is 1.40 bits per heavy atom. The number of nitrogens with zero attached hydrogens (tertiary/aromatic N) is 1. The Hall–Kier alpha value is -0.170. The van der Waals surface area contributed by atoms with E-state index in [4.69, 9.17) is 0 Å². The first-order chi connectivity index (χ1) is 7.01. The molecule has 6 heteroatoms. The Morgan fingerprint density at radius 3 is 2.33 bits per heavy atom. The van der Waals surface area contributed by atoms with Gasteiger partial charge in [-0.3, -0.25) is 0 Å². The Labute approximate surface area is 91.7 Å². The van der Waals surface area contributed by atoms with Crippen LogP contribution in [0.4, 0.5) is 0 Å². The van der Waals surface area contributed by atoms with Crippen molar-refractivity contribution in [2.24, 2.45) is 5.92 Å². The van der Waals surface area contributed by atoms with Crippen LogP contribution < -0.4 is 4.72 Å². The van der Waals surface area contributed by atoms with Gasteiger partial charge in [0, 0.05) is 19.6 Å². The molecule has 0 aliphatic heterocycles. The summed E-state index contributed by atoms with van der Waals surface area (Å²) in [5.41, 5.74) is 0. The molecule has 0 heterocycles. The van der Waals surface area contributed by atoms with Crippen molar-refractivity contribution >= 4 is 10.2 Å². The van der Waals surface area contributed by atoms with Crippen LogP contribution in [0.3, 0.4) is 0 Å². The van der Waals surface area contributed by atoms with Gasteiger partial charge in [-0.1, -0.05) is 13.8 Å². The van der Waals surface area contributed by atoms with Crippen LogP contribution in [0.25, 0.3) is 0 Å². The highest BCUT2D eigenvalue weighted by molar-refractivity contribution is 7.87. The molecule has 0 saturated heterocycles. The van der Waals surface area contributed by atoms with E-state index in [9.17, 15) is 13.5 Å². The summed E-state index contributed by atoms with van der Waals surface area (Å²) in [6.07, 6.45) is 1.48. The minimum atomic E-state index is -3.40. The lowest BCUT2D eigenvalue weighted by molar-refractivity contribution is 0.154. The van der Waals surface area contributed by atoms with Gasteiger partial charge in [0.25, 0.3) is 10.2 Å². The summed E-state index contributed by atoms with van der Waals surface area (Å²) in [6, 6.07) is 0. The maximum Gasteiger partial charge on any atom is 0.279 e. The topological polar surface area (TPSA) is 69.6 Å². The van der Waals surface area contributed by atoms with Crippen molar-refractivity contribution in [3.8, 4) is 0 Å². The van der Waals surface area contributed by atoms with E-state index in [1.54, 1.807) is 13.8 Å². The highest BCUT2D eigenvalue weighted by atomic mass is 32.2. The van der Waals surface area contributed by atoms with E-state index in [1.165, 1.54) is 4.31 Å². The number of aliphatic hydroxyl groups is 1. The molecule has 1 unspecified atom stereocenters. The molecule has 0 radical (unpaired) electrons. The first kappa shape index (κ1) is 12.9. The fourth-order valence-electron chi connectivity index (χ4n) is 1.49. The molecule has 1 fully saturated rings. The Morgan fingerprint density at radius 2 is 1.93 bits per heavy atom. The monoisotopic (exact) mass is 236 g/mol. The predicted octanol–water partition coefficient (Wildman–Crippen LogP) is -0.0665. The predicted molar refractivity (Wildman–Crippen MR) is 58.6 cm³/mol. The SMILES string of the molecule is CCN(CC)S(=O)(=O)NCC(O)C1CC1. The van der Waals surface area contributed by atoms with Crippen LogP contribution >= 0.6 is 0 Å². The molecule has 2 N–H and O–H groups in total. The molecule has 1 saturated carbocycles. The number of rotatable bonds is 7. The molecule has 1 aliphatic rings. The van der Waals surface area contributed by atoms with Gasteiger partial charge in [0.1, 0.15) is 0 Å².